The molecule has 1 aromatic rings. The Kier molecular flexibility index (Phi) is 3.85. The summed E-state index contributed by atoms with van der Waals surface area (Å²) in [5.74, 6) is 0.524. The van der Waals surface area contributed by atoms with Gasteiger partial charge in [0.1, 0.15) is 0 Å². The van der Waals surface area contributed by atoms with E-state index in [1.165, 1.54) is 10.7 Å². The lowest BCUT2D eigenvalue weighted by atomic mass is 9.94. The first-order valence-corrected chi connectivity index (χ1v) is 7.23. The van der Waals surface area contributed by atoms with Gasteiger partial charge in [-0.05, 0) is 19.8 Å². The zero-order chi connectivity index (χ0) is 12.5. The van der Waals surface area contributed by atoms with Crippen molar-refractivity contribution in [3.05, 3.63) is 16.1 Å². The summed E-state index contributed by atoms with van der Waals surface area (Å²) in [6, 6.07) is 0. The topological polar surface area (TPSA) is 36.4 Å². The van der Waals surface area contributed by atoms with Gasteiger partial charge in [0, 0.05) is 30.9 Å². The Bertz CT molecular complexity index is 363. The van der Waals surface area contributed by atoms with Crippen LogP contribution in [0.25, 0.3) is 0 Å². The Morgan fingerprint density at radius 2 is 2.12 bits per heavy atom. The van der Waals surface area contributed by atoms with Crippen LogP contribution in [-0.2, 0) is 6.54 Å². The molecule has 0 unspecified atom stereocenters. The molecule has 0 aromatic carbocycles. The fraction of sp³-hybridized carbons (Fsp3) is 0.769. The Labute approximate surface area is 107 Å². The SMILES string of the molecule is CC(C)c1nc(CN2CCC(C)(O)CC2)cs1. The molecule has 2 heterocycles. The first kappa shape index (κ1) is 13.0. The van der Waals surface area contributed by atoms with Crippen molar-refractivity contribution in [1.29, 1.82) is 0 Å². The van der Waals surface area contributed by atoms with Crippen LogP contribution in [0.15, 0.2) is 5.38 Å². The van der Waals surface area contributed by atoms with Crippen molar-refractivity contribution in [1.82, 2.24) is 9.88 Å². The number of hydrogen-bond acceptors (Lipinski definition) is 4. The van der Waals surface area contributed by atoms with Crippen molar-refractivity contribution in [3.8, 4) is 0 Å². The number of piperidine rings is 1. The fourth-order valence-corrected chi connectivity index (χ4v) is 2.91. The quantitative estimate of drug-likeness (QED) is 0.901. The molecule has 0 radical (unpaired) electrons. The van der Waals surface area contributed by atoms with E-state index in [2.05, 4.69) is 29.1 Å². The molecular weight excluding hydrogens is 232 g/mol. The molecule has 0 spiro atoms. The lowest BCUT2D eigenvalue weighted by molar-refractivity contribution is -0.00754. The van der Waals surface area contributed by atoms with Gasteiger partial charge in [0.15, 0.2) is 0 Å². The van der Waals surface area contributed by atoms with Crippen LogP contribution < -0.4 is 0 Å². The van der Waals surface area contributed by atoms with E-state index in [9.17, 15) is 5.11 Å². The predicted octanol–water partition coefficient (Wildman–Crippen LogP) is 2.61. The number of nitrogens with zero attached hydrogens (tertiary/aromatic N) is 2. The maximum Gasteiger partial charge on any atom is 0.0954 e. The molecule has 2 rings (SSSR count). The highest BCUT2D eigenvalue weighted by Crippen LogP contribution is 2.24. The van der Waals surface area contributed by atoms with Gasteiger partial charge >= 0.3 is 0 Å². The molecule has 0 saturated carbocycles. The summed E-state index contributed by atoms with van der Waals surface area (Å²) in [5, 5.41) is 13.3. The number of rotatable bonds is 3. The molecule has 1 fully saturated rings. The van der Waals surface area contributed by atoms with Crippen LogP contribution in [0.3, 0.4) is 0 Å². The van der Waals surface area contributed by atoms with E-state index in [0.717, 1.165) is 32.5 Å². The molecule has 1 aliphatic heterocycles. The number of thiazole rings is 1. The summed E-state index contributed by atoms with van der Waals surface area (Å²) >= 11 is 1.76. The zero-order valence-corrected chi connectivity index (χ0v) is 11.8. The Balaban J connectivity index is 1.89. The molecule has 0 atom stereocenters. The van der Waals surface area contributed by atoms with E-state index in [1.54, 1.807) is 11.3 Å². The van der Waals surface area contributed by atoms with Gasteiger partial charge in [-0.2, -0.15) is 0 Å². The second kappa shape index (κ2) is 5.04. The summed E-state index contributed by atoms with van der Waals surface area (Å²) in [6.45, 7) is 9.17. The lowest BCUT2D eigenvalue weighted by Gasteiger charge is -2.35. The van der Waals surface area contributed by atoms with E-state index >= 15 is 0 Å². The zero-order valence-electron chi connectivity index (χ0n) is 10.9. The molecule has 1 N–H and O–H groups in total. The third-order valence-electron chi connectivity index (χ3n) is 3.38. The van der Waals surface area contributed by atoms with Crippen LogP contribution in [0.2, 0.25) is 0 Å². The van der Waals surface area contributed by atoms with Gasteiger partial charge in [-0.15, -0.1) is 11.3 Å². The number of aliphatic hydroxyl groups is 1. The Hall–Kier alpha value is -0.450. The van der Waals surface area contributed by atoms with Gasteiger partial charge in [-0.3, -0.25) is 4.90 Å². The smallest absolute Gasteiger partial charge is 0.0954 e. The van der Waals surface area contributed by atoms with Gasteiger partial charge in [-0.25, -0.2) is 4.98 Å². The molecule has 96 valence electrons. The van der Waals surface area contributed by atoms with Crippen LogP contribution in [0.5, 0.6) is 0 Å². The van der Waals surface area contributed by atoms with Crippen LogP contribution in [0, 0.1) is 0 Å². The minimum atomic E-state index is -0.457. The standard InChI is InChI=1S/C13H22N2OS/c1-10(2)12-14-11(9-17-12)8-15-6-4-13(3,16)5-7-15/h9-10,16H,4-8H2,1-3H3. The minimum Gasteiger partial charge on any atom is -0.390 e. The molecule has 0 amide bonds. The van der Waals surface area contributed by atoms with Crippen LogP contribution >= 0.6 is 11.3 Å². The molecule has 0 bridgehead atoms. The predicted molar refractivity (Wildman–Crippen MR) is 71.3 cm³/mol. The average Bonchev–Trinajstić information content (AvgIpc) is 2.70. The number of likely N-dealkylation sites (tertiary alicyclic amines) is 1. The Morgan fingerprint density at radius 1 is 1.47 bits per heavy atom. The van der Waals surface area contributed by atoms with E-state index in [0.29, 0.717) is 5.92 Å². The largest absolute Gasteiger partial charge is 0.390 e. The third kappa shape index (κ3) is 3.50. The molecule has 0 aliphatic carbocycles. The number of hydrogen-bond donors (Lipinski definition) is 1. The molecule has 4 heteroatoms. The molecular formula is C13H22N2OS. The van der Waals surface area contributed by atoms with E-state index in [1.807, 2.05) is 6.92 Å². The maximum absolute atomic E-state index is 9.89. The highest BCUT2D eigenvalue weighted by Gasteiger charge is 2.27. The lowest BCUT2D eigenvalue weighted by Crippen LogP contribution is -2.42. The first-order valence-electron chi connectivity index (χ1n) is 6.35. The molecule has 1 aromatic heterocycles. The van der Waals surface area contributed by atoms with Crippen molar-refractivity contribution in [2.24, 2.45) is 0 Å². The van der Waals surface area contributed by atoms with Crippen molar-refractivity contribution in [3.63, 3.8) is 0 Å². The second-order valence-electron chi connectivity index (χ2n) is 5.60. The monoisotopic (exact) mass is 254 g/mol. The van der Waals surface area contributed by atoms with Gasteiger partial charge < -0.3 is 5.11 Å². The third-order valence-corrected chi connectivity index (χ3v) is 4.58. The molecule has 3 nitrogen and oxygen atoms in total. The van der Waals surface area contributed by atoms with Crippen LogP contribution in [-0.4, -0.2) is 33.7 Å². The Morgan fingerprint density at radius 3 is 2.65 bits per heavy atom. The van der Waals surface area contributed by atoms with Crippen LogP contribution in [0.4, 0.5) is 0 Å². The summed E-state index contributed by atoms with van der Waals surface area (Å²) in [7, 11) is 0. The highest BCUT2D eigenvalue weighted by atomic mass is 32.1. The fourth-order valence-electron chi connectivity index (χ4n) is 2.08. The minimum absolute atomic E-state index is 0.457. The first-order chi connectivity index (χ1) is 7.96. The van der Waals surface area contributed by atoms with E-state index in [-0.39, 0.29) is 0 Å². The molecule has 1 saturated heterocycles. The summed E-state index contributed by atoms with van der Waals surface area (Å²) in [4.78, 5) is 7.04. The van der Waals surface area contributed by atoms with Crippen molar-refractivity contribution < 1.29 is 5.11 Å². The van der Waals surface area contributed by atoms with Crippen molar-refractivity contribution >= 4 is 11.3 Å². The van der Waals surface area contributed by atoms with E-state index < -0.39 is 5.60 Å². The maximum atomic E-state index is 9.89. The summed E-state index contributed by atoms with van der Waals surface area (Å²) < 4.78 is 0. The molecule has 17 heavy (non-hydrogen) atoms. The van der Waals surface area contributed by atoms with Gasteiger partial charge in [0.2, 0.25) is 0 Å². The van der Waals surface area contributed by atoms with Gasteiger partial charge in [0.25, 0.3) is 0 Å². The number of aromatic nitrogens is 1. The summed E-state index contributed by atoms with van der Waals surface area (Å²) in [6.07, 6.45) is 1.74. The average molecular weight is 254 g/mol. The van der Waals surface area contributed by atoms with Crippen LogP contribution in [0.1, 0.15) is 50.2 Å². The molecule has 1 aliphatic rings. The van der Waals surface area contributed by atoms with Gasteiger partial charge in [-0.1, -0.05) is 13.8 Å². The second-order valence-corrected chi connectivity index (χ2v) is 6.49. The normalized spacial score (nSPS) is 21.0. The van der Waals surface area contributed by atoms with Gasteiger partial charge in [0.05, 0.1) is 16.3 Å². The highest BCUT2D eigenvalue weighted by molar-refractivity contribution is 7.09. The summed E-state index contributed by atoms with van der Waals surface area (Å²) in [5.41, 5.74) is 0.724. The van der Waals surface area contributed by atoms with E-state index in [4.69, 9.17) is 0 Å². The van der Waals surface area contributed by atoms with Crippen molar-refractivity contribution in [2.45, 2.75) is 51.7 Å². The van der Waals surface area contributed by atoms with Crippen molar-refractivity contribution in [2.75, 3.05) is 13.1 Å².